The van der Waals surface area contributed by atoms with E-state index in [0.717, 1.165) is 32.7 Å². The van der Waals surface area contributed by atoms with E-state index < -0.39 is 0 Å². The van der Waals surface area contributed by atoms with Gasteiger partial charge in [0.2, 0.25) is 0 Å². The number of ether oxygens (including phenoxy) is 1. The number of aliphatic hydroxyl groups is 1. The molecule has 1 saturated heterocycles. The zero-order chi connectivity index (χ0) is 12.8. The Labute approximate surface area is 110 Å². The van der Waals surface area contributed by atoms with Crippen molar-refractivity contribution >= 4 is 0 Å². The molecular formula is C14H28N2O2. The van der Waals surface area contributed by atoms with Crippen LogP contribution in [0.15, 0.2) is 0 Å². The number of rotatable bonds is 5. The summed E-state index contributed by atoms with van der Waals surface area (Å²) < 4.78 is 5.55. The molecule has 2 rings (SSSR count). The quantitative estimate of drug-likeness (QED) is 0.770. The molecule has 2 atom stereocenters. The molecule has 0 aromatic carbocycles. The molecule has 1 aliphatic carbocycles. The molecule has 1 heterocycles. The summed E-state index contributed by atoms with van der Waals surface area (Å²) in [5.41, 5.74) is 6.18. The maximum atomic E-state index is 9.26. The van der Waals surface area contributed by atoms with Gasteiger partial charge in [-0.1, -0.05) is 19.3 Å². The molecule has 3 N–H and O–H groups in total. The van der Waals surface area contributed by atoms with Gasteiger partial charge < -0.3 is 15.6 Å². The van der Waals surface area contributed by atoms with Crippen molar-refractivity contribution in [1.29, 1.82) is 0 Å². The Bertz CT molecular complexity index is 229. The van der Waals surface area contributed by atoms with Crippen molar-refractivity contribution in [2.24, 2.45) is 11.7 Å². The van der Waals surface area contributed by atoms with Gasteiger partial charge in [0.25, 0.3) is 0 Å². The van der Waals surface area contributed by atoms with Crippen molar-refractivity contribution in [1.82, 2.24) is 4.90 Å². The standard InChI is InChI=1S/C14H28N2O2/c15-14-6-9-18-11-12(14)10-16(7-8-17)13-4-2-1-3-5-13/h12-14,17H,1-11,15H2. The topological polar surface area (TPSA) is 58.7 Å². The summed E-state index contributed by atoms with van der Waals surface area (Å²) >= 11 is 0. The molecule has 4 heteroatoms. The molecule has 0 radical (unpaired) electrons. The van der Waals surface area contributed by atoms with E-state index >= 15 is 0 Å². The lowest BCUT2D eigenvalue weighted by Crippen LogP contribution is -2.49. The van der Waals surface area contributed by atoms with E-state index in [2.05, 4.69) is 4.90 Å². The summed E-state index contributed by atoms with van der Waals surface area (Å²) in [6.45, 7) is 3.62. The molecule has 2 fully saturated rings. The summed E-state index contributed by atoms with van der Waals surface area (Å²) in [6, 6.07) is 0.920. The monoisotopic (exact) mass is 256 g/mol. The van der Waals surface area contributed by atoms with Crippen molar-refractivity contribution in [2.75, 3.05) is 32.9 Å². The maximum absolute atomic E-state index is 9.26. The van der Waals surface area contributed by atoms with Gasteiger partial charge in [0, 0.05) is 37.7 Å². The van der Waals surface area contributed by atoms with Crippen LogP contribution in [0.5, 0.6) is 0 Å². The van der Waals surface area contributed by atoms with Gasteiger partial charge >= 0.3 is 0 Å². The van der Waals surface area contributed by atoms with Gasteiger partial charge in [0.1, 0.15) is 0 Å². The van der Waals surface area contributed by atoms with Crippen LogP contribution in [0.2, 0.25) is 0 Å². The van der Waals surface area contributed by atoms with Crippen LogP contribution in [-0.4, -0.2) is 55.0 Å². The Balaban J connectivity index is 1.87. The highest BCUT2D eigenvalue weighted by molar-refractivity contribution is 4.83. The molecule has 0 aromatic rings. The number of hydrogen-bond acceptors (Lipinski definition) is 4. The van der Waals surface area contributed by atoms with E-state index in [1.165, 1.54) is 32.1 Å². The van der Waals surface area contributed by atoms with Crippen LogP contribution in [0.1, 0.15) is 38.5 Å². The molecule has 1 aliphatic heterocycles. The van der Waals surface area contributed by atoms with Crippen molar-refractivity contribution in [3.8, 4) is 0 Å². The molecule has 0 spiro atoms. The molecule has 0 bridgehead atoms. The third-order valence-electron chi connectivity index (χ3n) is 4.48. The highest BCUT2D eigenvalue weighted by Gasteiger charge is 2.28. The summed E-state index contributed by atoms with van der Waals surface area (Å²) in [5, 5.41) is 9.26. The van der Waals surface area contributed by atoms with Crippen molar-refractivity contribution in [2.45, 2.75) is 50.6 Å². The van der Waals surface area contributed by atoms with Gasteiger partial charge in [-0.25, -0.2) is 0 Å². The third kappa shape index (κ3) is 3.92. The van der Waals surface area contributed by atoms with Crippen LogP contribution in [0.25, 0.3) is 0 Å². The molecule has 106 valence electrons. The minimum atomic E-state index is 0.249. The fraction of sp³-hybridized carbons (Fsp3) is 1.00. The normalized spacial score (nSPS) is 30.8. The summed E-state index contributed by atoms with van der Waals surface area (Å²) in [6.07, 6.45) is 7.57. The van der Waals surface area contributed by atoms with E-state index in [0.29, 0.717) is 12.0 Å². The van der Waals surface area contributed by atoms with Crippen LogP contribution >= 0.6 is 0 Å². The molecule has 2 aliphatic rings. The lowest BCUT2D eigenvalue weighted by Gasteiger charge is -2.39. The Morgan fingerprint density at radius 2 is 1.94 bits per heavy atom. The first kappa shape index (κ1) is 14.3. The number of nitrogens with zero attached hydrogens (tertiary/aromatic N) is 1. The summed E-state index contributed by atoms with van der Waals surface area (Å²) in [5.74, 6) is 0.437. The van der Waals surface area contributed by atoms with Gasteiger partial charge in [-0.3, -0.25) is 4.90 Å². The Hall–Kier alpha value is -0.160. The molecular weight excluding hydrogens is 228 g/mol. The van der Waals surface area contributed by atoms with Crippen LogP contribution < -0.4 is 5.73 Å². The smallest absolute Gasteiger partial charge is 0.0558 e. The zero-order valence-electron chi connectivity index (χ0n) is 11.4. The van der Waals surface area contributed by atoms with E-state index in [-0.39, 0.29) is 12.6 Å². The number of hydrogen-bond donors (Lipinski definition) is 2. The van der Waals surface area contributed by atoms with Crippen LogP contribution in [-0.2, 0) is 4.74 Å². The molecule has 4 nitrogen and oxygen atoms in total. The highest BCUT2D eigenvalue weighted by Crippen LogP contribution is 2.24. The van der Waals surface area contributed by atoms with E-state index in [1.54, 1.807) is 0 Å². The maximum Gasteiger partial charge on any atom is 0.0558 e. The molecule has 18 heavy (non-hydrogen) atoms. The summed E-state index contributed by atoms with van der Waals surface area (Å²) in [7, 11) is 0. The zero-order valence-corrected chi connectivity index (χ0v) is 11.4. The second kappa shape index (κ2) is 7.43. The Kier molecular flexibility index (Phi) is 5.89. The van der Waals surface area contributed by atoms with Gasteiger partial charge in [0.15, 0.2) is 0 Å². The van der Waals surface area contributed by atoms with Crippen LogP contribution in [0.4, 0.5) is 0 Å². The fourth-order valence-corrected chi connectivity index (χ4v) is 3.30. The molecule has 1 saturated carbocycles. The minimum absolute atomic E-state index is 0.249. The van der Waals surface area contributed by atoms with Crippen LogP contribution in [0.3, 0.4) is 0 Å². The van der Waals surface area contributed by atoms with Gasteiger partial charge in [-0.2, -0.15) is 0 Å². The third-order valence-corrected chi connectivity index (χ3v) is 4.48. The lowest BCUT2D eigenvalue weighted by atomic mass is 9.91. The van der Waals surface area contributed by atoms with Gasteiger partial charge in [0.05, 0.1) is 13.2 Å². The lowest BCUT2D eigenvalue weighted by molar-refractivity contribution is 0.0117. The van der Waals surface area contributed by atoms with E-state index in [9.17, 15) is 5.11 Å². The molecule has 0 amide bonds. The van der Waals surface area contributed by atoms with Gasteiger partial charge in [-0.15, -0.1) is 0 Å². The second-order valence-electron chi connectivity index (χ2n) is 5.80. The number of nitrogens with two attached hydrogens (primary N) is 1. The Morgan fingerprint density at radius 1 is 1.17 bits per heavy atom. The average Bonchev–Trinajstić information content (AvgIpc) is 2.42. The average molecular weight is 256 g/mol. The first-order valence-electron chi connectivity index (χ1n) is 7.49. The van der Waals surface area contributed by atoms with Crippen LogP contribution in [0, 0.1) is 5.92 Å². The molecule has 0 aromatic heterocycles. The molecule has 2 unspecified atom stereocenters. The predicted octanol–water partition coefficient (Wildman–Crippen LogP) is 0.977. The second-order valence-corrected chi connectivity index (χ2v) is 5.80. The Morgan fingerprint density at radius 3 is 2.61 bits per heavy atom. The van der Waals surface area contributed by atoms with E-state index in [1.807, 2.05) is 0 Å². The first-order valence-corrected chi connectivity index (χ1v) is 7.49. The van der Waals surface area contributed by atoms with Gasteiger partial charge in [-0.05, 0) is 19.3 Å². The predicted molar refractivity (Wildman–Crippen MR) is 72.4 cm³/mol. The largest absolute Gasteiger partial charge is 0.395 e. The van der Waals surface area contributed by atoms with Crippen molar-refractivity contribution in [3.05, 3.63) is 0 Å². The number of aliphatic hydroxyl groups excluding tert-OH is 1. The first-order chi connectivity index (χ1) is 8.81. The SMILES string of the molecule is NC1CCOCC1CN(CCO)C1CCCCC1. The summed E-state index contributed by atoms with van der Waals surface area (Å²) in [4.78, 5) is 2.46. The minimum Gasteiger partial charge on any atom is -0.395 e. The highest BCUT2D eigenvalue weighted by atomic mass is 16.5. The fourth-order valence-electron chi connectivity index (χ4n) is 3.30. The van der Waals surface area contributed by atoms with E-state index in [4.69, 9.17) is 10.5 Å². The van der Waals surface area contributed by atoms with Crippen molar-refractivity contribution < 1.29 is 9.84 Å². The van der Waals surface area contributed by atoms with Crippen molar-refractivity contribution in [3.63, 3.8) is 0 Å².